The zero-order valence-electron chi connectivity index (χ0n) is 7.63. The van der Waals surface area contributed by atoms with E-state index in [1.165, 1.54) is 0 Å². The molecule has 0 aliphatic carbocycles. The molecule has 1 aliphatic heterocycles. The van der Waals surface area contributed by atoms with E-state index in [9.17, 15) is 4.79 Å². The first-order valence-corrected chi connectivity index (χ1v) is 4.18. The van der Waals surface area contributed by atoms with E-state index in [1.54, 1.807) is 18.3 Å². The van der Waals surface area contributed by atoms with E-state index >= 15 is 0 Å². The normalized spacial score (nSPS) is 17.7. The minimum Gasteiger partial charge on any atom is -0.483 e. The summed E-state index contributed by atoms with van der Waals surface area (Å²) in [4.78, 5) is 13.9. The smallest absolute Gasteiger partial charge is 0.258 e. The van der Waals surface area contributed by atoms with Crippen LogP contribution in [0, 0.1) is 0 Å². The van der Waals surface area contributed by atoms with Crippen LogP contribution in [0.5, 0.6) is 5.75 Å². The molecule has 0 saturated carbocycles. The van der Waals surface area contributed by atoms with Crippen LogP contribution in [-0.2, 0) is 0 Å². The molecule has 0 fully saturated rings. The summed E-state index contributed by atoms with van der Waals surface area (Å²) in [6, 6.07) is 1.77. The first-order chi connectivity index (χ1) is 6.08. The first-order valence-electron chi connectivity index (χ1n) is 4.18. The van der Waals surface area contributed by atoms with Crippen LogP contribution in [0.3, 0.4) is 0 Å². The summed E-state index contributed by atoms with van der Waals surface area (Å²) >= 11 is 0. The maximum atomic E-state index is 11.3. The number of hydrogen-bond donors (Lipinski definition) is 1. The van der Waals surface area contributed by atoms with Crippen LogP contribution in [0.2, 0.25) is 0 Å². The molecule has 0 aromatic carbocycles. The predicted molar refractivity (Wildman–Crippen MR) is 50.8 cm³/mol. The van der Waals surface area contributed by atoms with Crippen molar-refractivity contribution >= 4 is 6.08 Å². The number of aromatic amines is 1. The molecule has 0 unspecified atom stereocenters. The molecule has 0 saturated heterocycles. The SMILES string of the molecule is CC1(C)C=Cc2c(cc[nH]c2=O)O1. The Bertz CT molecular complexity index is 415. The Labute approximate surface area is 76.1 Å². The van der Waals surface area contributed by atoms with Gasteiger partial charge in [0.25, 0.3) is 5.56 Å². The minimum atomic E-state index is -0.319. The van der Waals surface area contributed by atoms with Crippen molar-refractivity contribution in [3.8, 4) is 5.75 Å². The Morgan fingerprint density at radius 3 is 3.00 bits per heavy atom. The van der Waals surface area contributed by atoms with Gasteiger partial charge in [0.05, 0.1) is 5.56 Å². The third-order valence-electron chi connectivity index (χ3n) is 1.98. The first kappa shape index (κ1) is 8.10. The standard InChI is InChI=1S/C10H11NO2/c1-10(2)5-3-7-8(13-10)4-6-11-9(7)12/h3-6H,1-2H3,(H,11,12). The molecule has 0 radical (unpaired) electrons. The molecule has 13 heavy (non-hydrogen) atoms. The molecule has 1 aromatic rings. The fraction of sp³-hybridized carbons (Fsp3) is 0.300. The van der Waals surface area contributed by atoms with Gasteiger partial charge < -0.3 is 9.72 Å². The van der Waals surface area contributed by atoms with Crippen molar-refractivity contribution in [1.82, 2.24) is 4.98 Å². The summed E-state index contributed by atoms with van der Waals surface area (Å²) in [5.74, 6) is 0.649. The molecule has 3 heteroatoms. The van der Waals surface area contributed by atoms with Crippen LogP contribution in [-0.4, -0.2) is 10.6 Å². The lowest BCUT2D eigenvalue weighted by Crippen LogP contribution is -2.29. The van der Waals surface area contributed by atoms with Gasteiger partial charge in [-0.15, -0.1) is 0 Å². The molecular formula is C10H11NO2. The molecular weight excluding hydrogens is 166 g/mol. The Balaban J connectivity index is 2.59. The highest BCUT2D eigenvalue weighted by atomic mass is 16.5. The van der Waals surface area contributed by atoms with Crippen molar-refractivity contribution in [2.45, 2.75) is 19.4 Å². The molecule has 3 nitrogen and oxygen atoms in total. The summed E-state index contributed by atoms with van der Waals surface area (Å²) in [7, 11) is 0. The van der Waals surface area contributed by atoms with E-state index in [0.717, 1.165) is 0 Å². The van der Waals surface area contributed by atoms with Gasteiger partial charge in [0.2, 0.25) is 0 Å². The van der Waals surface area contributed by atoms with Gasteiger partial charge in [0, 0.05) is 6.20 Å². The fourth-order valence-corrected chi connectivity index (χ4v) is 1.32. The largest absolute Gasteiger partial charge is 0.483 e. The lowest BCUT2D eigenvalue weighted by atomic mass is 10.0. The minimum absolute atomic E-state index is 0.107. The molecule has 0 amide bonds. The quantitative estimate of drug-likeness (QED) is 0.653. The molecule has 0 spiro atoms. The molecule has 1 N–H and O–H groups in total. The van der Waals surface area contributed by atoms with E-state index in [2.05, 4.69) is 4.98 Å². The van der Waals surface area contributed by atoms with Crippen molar-refractivity contribution in [3.05, 3.63) is 34.3 Å². The molecule has 0 bridgehead atoms. The predicted octanol–water partition coefficient (Wildman–Crippen LogP) is 1.56. The molecule has 0 atom stereocenters. The zero-order valence-corrected chi connectivity index (χ0v) is 7.63. The number of H-pyrrole nitrogens is 1. The second kappa shape index (κ2) is 2.49. The maximum absolute atomic E-state index is 11.3. The van der Waals surface area contributed by atoms with Gasteiger partial charge in [-0.3, -0.25) is 4.79 Å². The Morgan fingerprint density at radius 1 is 1.46 bits per heavy atom. The van der Waals surface area contributed by atoms with Crippen molar-refractivity contribution in [1.29, 1.82) is 0 Å². The van der Waals surface area contributed by atoms with E-state index in [1.807, 2.05) is 19.9 Å². The van der Waals surface area contributed by atoms with Gasteiger partial charge in [-0.05, 0) is 32.1 Å². The van der Waals surface area contributed by atoms with Gasteiger partial charge in [0.15, 0.2) is 0 Å². The van der Waals surface area contributed by atoms with Gasteiger partial charge in [-0.25, -0.2) is 0 Å². The second-order valence-corrected chi connectivity index (χ2v) is 3.62. The van der Waals surface area contributed by atoms with E-state index in [-0.39, 0.29) is 11.2 Å². The average Bonchev–Trinajstić information content (AvgIpc) is 2.02. The number of nitrogens with one attached hydrogen (secondary N) is 1. The monoisotopic (exact) mass is 177 g/mol. The van der Waals surface area contributed by atoms with Crippen LogP contribution in [0.15, 0.2) is 23.1 Å². The number of pyridine rings is 1. The van der Waals surface area contributed by atoms with Crippen molar-refractivity contribution in [2.24, 2.45) is 0 Å². The van der Waals surface area contributed by atoms with Crippen LogP contribution < -0.4 is 10.3 Å². The van der Waals surface area contributed by atoms with E-state index in [4.69, 9.17) is 4.74 Å². The number of hydrogen-bond acceptors (Lipinski definition) is 2. The zero-order chi connectivity index (χ0) is 9.47. The number of fused-ring (bicyclic) bond motifs is 1. The summed E-state index contributed by atoms with van der Waals surface area (Å²) in [6.45, 7) is 3.90. The molecule has 2 rings (SSSR count). The molecule has 2 heterocycles. The van der Waals surface area contributed by atoms with Gasteiger partial charge >= 0.3 is 0 Å². The fourth-order valence-electron chi connectivity index (χ4n) is 1.32. The Kier molecular flexibility index (Phi) is 1.55. The van der Waals surface area contributed by atoms with Crippen molar-refractivity contribution < 1.29 is 4.74 Å². The number of rotatable bonds is 0. The average molecular weight is 177 g/mol. The van der Waals surface area contributed by atoms with Crippen LogP contribution in [0.1, 0.15) is 19.4 Å². The molecule has 68 valence electrons. The van der Waals surface area contributed by atoms with E-state index in [0.29, 0.717) is 11.3 Å². The number of aromatic nitrogens is 1. The third-order valence-corrected chi connectivity index (χ3v) is 1.98. The van der Waals surface area contributed by atoms with Crippen LogP contribution in [0.25, 0.3) is 6.08 Å². The lowest BCUT2D eigenvalue weighted by molar-refractivity contribution is 0.158. The molecule has 1 aliphatic rings. The Morgan fingerprint density at radius 2 is 2.23 bits per heavy atom. The second-order valence-electron chi connectivity index (χ2n) is 3.62. The van der Waals surface area contributed by atoms with Crippen molar-refractivity contribution in [2.75, 3.05) is 0 Å². The number of ether oxygens (including phenoxy) is 1. The van der Waals surface area contributed by atoms with Crippen LogP contribution in [0.4, 0.5) is 0 Å². The highest BCUT2D eigenvalue weighted by Gasteiger charge is 2.22. The van der Waals surface area contributed by atoms with Gasteiger partial charge in [0.1, 0.15) is 11.4 Å². The van der Waals surface area contributed by atoms with Gasteiger partial charge in [-0.1, -0.05) is 0 Å². The van der Waals surface area contributed by atoms with Crippen LogP contribution >= 0.6 is 0 Å². The topological polar surface area (TPSA) is 42.1 Å². The summed E-state index contributed by atoms with van der Waals surface area (Å²) < 4.78 is 5.59. The maximum Gasteiger partial charge on any atom is 0.258 e. The molecule has 1 aromatic heterocycles. The highest BCUT2D eigenvalue weighted by Crippen LogP contribution is 2.27. The summed E-state index contributed by atoms with van der Waals surface area (Å²) in [6.07, 6.45) is 5.28. The third kappa shape index (κ3) is 1.37. The lowest BCUT2D eigenvalue weighted by Gasteiger charge is -2.26. The van der Waals surface area contributed by atoms with Crippen molar-refractivity contribution in [3.63, 3.8) is 0 Å². The Hall–Kier alpha value is -1.51. The van der Waals surface area contributed by atoms with E-state index < -0.39 is 0 Å². The summed E-state index contributed by atoms with van der Waals surface area (Å²) in [5, 5.41) is 0. The summed E-state index contributed by atoms with van der Waals surface area (Å²) in [5.41, 5.74) is 0.173. The highest BCUT2D eigenvalue weighted by molar-refractivity contribution is 5.59. The van der Waals surface area contributed by atoms with Gasteiger partial charge in [-0.2, -0.15) is 0 Å².